The van der Waals surface area contributed by atoms with Crippen LogP contribution in [0.2, 0.25) is 0 Å². The van der Waals surface area contributed by atoms with Crippen molar-refractivity contribution in [1.82, 2.24) is 0 Å². The number of carbonyl (C=O) groups excluding carboxylic acids is 1. The Morgan fingerprint density at radius 2 is 1.72 bits per heavy atom. The number of amides is 1. The van der Waals surface area contributed by atoms with Crippen molar-refractivity contribution in [3.8, 4) is 0 Å². The zero-order valence-corrected chi connectivity index (χ0v) is 16.4. The molecule has 4 nitrogen and oxygen atoms in total. The van der Waals surface area contributed by atoms with E-state index in [1.807, 2.05) is 61.6 Å². The molecular weight excluding hydrogens is 357 g/mol. The smallest absolute Gasteiger partial charge is 0.226 e. The van der Waals surface area contributed by atoms with Crippen LogP contribution in [0.1, 0.15) is 31.9 Å². The Morgan fingerprint density at radius 3 is 2.32 bits per heavy atom. The Labute approximate surface area is 162 Å². The Kier molecular flexibility index (Phi) is 10.2. The lowest BCUT2D eigenvalue weighted by atomic mass is 10.0. The van der Waals surface area contributed by atoms with E-state index in [1.54, 1.807) is 0 Å². The largest absolute Gasteiger partial charge is 0.372 e. The van der Waals surface area contributed by atoms with Crippen molar-refractivity contribution >= 4 is 42.1 Å². The average Bonchev–Trinajstić information content (AvgIpc) is 2.55. The molecule has 2 rings (SSSR count). The van der Waals surface area contributed by atoms with Gasteiger partial charge in [0.25, 0.3) is 0 Å². The Bertz CT molecular complexity index is 650. The highest BCUT2D eigenvalue weighted by molar-refractivity contribution is 5.91. The Balaban J connectivity index is 0.00000288. The number of nitrogens with one attached hydrogen (secondary N) is 1. The summed E-state index contributed by atoms with van der Waals surface area (Å²) in [5.41, 5.74) is 8.93. The first-order valence-corrected chi connectivity index (χ1v) is 7.90. The van der Waals surface area contributed by atoms with Crippen LogP contribution in [0.5, 0.6) is 0 Å². The number of nitrogens with zero attached hydrogens (tertiary/aromatic N) is 1. The molecule has 1 atom stereocenters. The molecule has 6 heteroatoms. The minimum atomic E-state index is -0.294. The molecule has 0 saturated carbocycles. The molecule has 0 spiro atoms. The lowest BCUT2D eigenvalue weighted by Gasteiger charge is -2.24. The van der Waals surface area contributed by atoms with Crippen LogP contribution in [0.15, 0.2) is 54.6 Å². The molecule has 1 unspecified atom stereocenters. The summed E-state index contributed by atoms with van der Waals surface area (Å²) in [6.07, 6.45) is 0.258. The van der Waals surface area contributed by atoms with E-state index in [2.05, 4.69) is 24.1 Å². The number of rotatable bonds is 6. The van der Waals surface area contributed by atoms with Crippen molar-refractivity contribution in [3.63, 3.8) is 0 Å². The van der Waals surface area contributed by atoms with Crippen molar-refractivity contribution in [1.29, 1.82) is 0 Å². The normalized spacial score (nSPS) is 11.1. The van der Waals surface area contributed by atoms with Crippen molar-refractivity contribution in [2.75, 3.05) is 17.3 Å². The first-order chi connectivity index (χ1) is 11.0. The molecule has 1 amide bonds. The molecule has 138 valence electrons. The summed E-state index contributed by atoms with van der Waals surface area (Å²) in [5, 5.41) is 2.93. The molecule has 0 heterocycles. The summed E-state index contributed by atoms with van der Waals surface area (Å²) in [5.74, 6) is -0.0781. The van der Waals surface area contributed by atoms with Crippen LogP contribution in [-0.4, -0.2) is 19.0 Å². The van der Waals surface area contributed by atoms with Gasteiger partial charge in [-0.05, 0) is 37.6 Å². The summed E-state index contributed by atoms with van der Waals surface area (Å²) in [4.78, 5) is 14.4. The summed E-state index contributed by atoms with van der Waals surface area (Å²) < 4.78 is 0. The number of anilines is 2. The third kappa shape index (κ3) is 6.94. The van der Waals surface area contributed by atoms with Gasteiger partial charge in [0.05, 0.1) is 0 Å². The fourth-order valence-electron chi connectivity index (χ4n) is 2.33. The molecule has 0 fully saturated rings. The maximum atomic E-state index is 12.2. The van der Waals surface area contributed by atoms with Gasteiger partial charge in [-0.3, -0.25) is 4.79 Å². The van der Waals surface area contributed by atoms with Crippen LogP contribution in [0.3, 0.4) is 0 Å². The minimum Gasteiger partial charge on any atom is -0.372 e. The molecular formula is C19H27Cl2N3O. The fourth-order valence-corrected chi connectivity index (χ4v) is 2.33. The molecule has 0 radical (unpaired) electrons. The maximum absolute atomic E-state index is 12.2. The van der Waals surface area contributed by atoms with E-state index < -0.39 is 0 Å². The molecule has 0 aliphatic rings. The number of benzene rings is 2. The Morgan fingerprint density at radius 1 is 1.08 bits per heavy atom. The van der Waals surface area contributed by atoms with Gasteiger partial charge < -0.3 is 16.0 Å². The van der Waals surface area contributed by atoms with E-state index in [9.17, 15) is 4.79 Å². The molecule has 2 aromatic carbocycles. The average molecular weight is 384 g/mol. The quantitative estimate of drug-likeness (QED) is 0.776. The fraction of sp³-hybridized carbons (Fsp3) is 0.316. The van der Waals surface area contributed by atoms with Gasteiger partial charge in [-0.15, -0.1) is 24.8 Å². The van der Waals surface area contributed by atoms with Crippen LogP contribution in [0, 0.1) is 0 Å². The zero-order chi connectivity index (χ0) is 16.8. The van der Waals surface area contributed by atoms with E-state index in [1.165, 1.54) is 0 Å². The molecule has 0 bridgehead atoms. The molecule has 25 heavy (non-hydrogen) atoms. The SMILES string of the molecule is CC(C)N(C)c1cccc(NC(=O)CC(N)c2ccccc2)c1.Cl.Cl. The van der Waals surface area contributed by atoms with E-state index in [-0.39, 0.29) is 43.2 Å². The monoisotopic (exact) mass is 383 g/mol. The standard InChI is InChI=1S/C19H25N3O.2ClH/c1-14(2)22(3)17-11-7-10-16(12-17)21-19(23)13-18(20)15-8-5-4-6-9-15;;/h4-12,14,18H,13,20H2,1-3H3,(H,21,23);2*1H. The predicted octanol–water partition coefficient (Wildman–Crippen LogP) is 4.40. The van der Waals surface area contributed by atoms with E-state index in [0.717, 1.165) is 16.9 Å². The predicted molar refractivity (Wildman–Crippen MR) is 111 cm³/mol. The first kappa shape index (κ1) is 23.2. The van der Waals surface area contributed by atoms with Gasteiger partial charge >= 0.3 is 0 Å². The van der Waals surface area contributed by atoms with Gasteiger partial charge in [-0.1, -0.05) is 36.4 Å². The highest BCUT2D eigenvalue weighted by Crippen LogP contribution is 2.21. The van der Waals surface area contributed by atoms with Crippen molar-refractivity contribution in [2.24, 2.45) is 5.73 Å². The van der Waals surface area contributed by atoms with Crippen LogP contribution in [-0.2, 0) is 4.79 Å². The molecule has 0 aliphatic carbocycles. The second kappa shape index (κ2) is 11.0. The highest BCUT2D eigenvalue weighted by atomic mass is 35.5. The molecule has 2 aromatic rings. The Hall–Kier alpha value is -1.75. The van der Waals surface area contributed by atoms with Crippen molar-refractivity contribution in [2.45, 2.75) is 32.4 Å². The number of halogens is 2. The summed E-state index contributed by atoms with van der Waals surface area (Å²) >= 11 is 0. The van der Waals surface area contributed by atoms with E-state index >= 15 is 0 Å². The highest BCUT2D eigenvalue weighted by Gasteiger charge is 2.12. The molecule has 0 saturated heterocycles. The number of carbonyl (C=O) groups is 1. The number of nitrogens with two attached hydrogens (primary N) is 1. The van der Waals surface area contributed by atoms with Gasteiger partial charge in [-0.2, -0.15) is 0 Å². The van der Waals surface area contributed by atoms with Gasteiger partial charge in [0.2, 0.25) is 5.91 Å². The summed E-state index contributed by atoms with van der Waals surface area (Å²) in [6.45, 7) is 4.26. The summed E-state index contributed by atoms with van der Waals surface area (Å²) in [6, 6.07) is 17.6. The van der Waals surface area contributed by atoms with Gasteiger partial charge in [0.15, 0.2) is 0 Å². The van der Waals surface area contributed by atoms with Gasteiger partial charge in [-0.25, -0.2) is 0 Å². The minimum absolute atomic E-state index is 0. The van der Waals surface area contributed by atoms with E-state index in [0.29, 0.717) is 6.04 Å². The molecule has 0 aliphatic heterocycles. The van der Waals surface area contributed by atoms with Gasteiger partial charge in [0.1, 0.15) is 0 Å². The van der Waals surface area contributed by atoms with Crippen molar-refractivity contribution < 1.29 is 4.79 Å². The molecule has 0 aromatic heterocycles. The first-order valence-electron chi connectivity index (χ1n) is 7.90. The van der Waals surface area contributed by atoms with Crippen LogP contribution < -0.4 is 16.0 Å². The maximum Gasteiger partial charge on any atom is 0.226 e. The number of hydrogen-bond acceptors (Lipinski definition) is 3. The topological polar surface area (TPSA) is 58.4 Å². The zero-order valence-electron chi connectivity index (χ0n) is 14.8. The molecule has 3 N–H and O–H groups in total. The van der Waals surface area contributed by atoms with Gasteiger partial charge in [0, 0.05) is 36.9 Å². The number of hydrogen-bond donors (Lipinski definition) is 2. The van der Waals surface area contributed by atoms with Crippen LogP contribution >= 0.6 is 24.8 Å². The van der Waals surface area contributed by atoms with E-state index in [4.69, 9.17) is 5.73 Å². The van der Waals surface area contributed by atoms with Crippen molar-refractivity contribution in [3.05, 3.63) is 60.2 Å². The third-order valence-electron chi connectivity index (χ3n) is 3.94. The second-order valence-corrected chi connectivity index (χ2v) is 6.02. The van der Waals surface area contributed by atoms with Crippen LogP contribution in [0.4, 0.5) is 11.4 Å². The second-order valence-electron chi connectivity index (χ2n) is 6.02. The van der Waals surface area contributed by atoms with Crippen LogP contribution in [0.25, 0.3) is 0 Å². The summed E-state index contributed by atoms with van der Waals surface area (Å²) in [7, 11) is 2.04. The lowest BCUT2D eigenvalue weighted by molar-refractivity contribution is -0.116. The lowest BCUT2D eigenvalue weighted by Crippen LogP contribution is -2.25. The third-order valence-corrected chi connectivity index (χ3v) is 3.94.